The molecule has 0 aromatic heterocycles. The van der Waals surface area contributed by atoms with Gasteiger partial charge < -0.3 is 34.9 Å². The molecule has 0 spiro atoms. The topological polar surface area (TPSA) is 157 Å². The van der Waals surface area contributed by atoms with Crippen LogP contribution in [0, 0.1) is 0 Å². The first-order valence-corrected chi connectivity index (χ1v) is 5.83. The second-order valence-electron chi connectivity index (χ2n) is 3.32. The molecule has 1 aliphatic rings. The summed E-state index contributed by atoms with van der Waals surface area (Å²) in [5, 5.41) is 36.7. The fourth-order valence-electron chi connectivity index (χ4n) is 1.24. The van der Waals surface area contributed by atoms with E-state index in [4.69, 9.17) is 20.0 Å². The van der Waals surface area contributed by atoms with Gasteiger partial charge in [0.25, 0.3) is 0 Å². The lowest BCUT2D eigenvalue weighted by atomic mass is 10.00. The zero-order chi connectivity index (χ0) is 12.5. The van der Waals surface area contributed by atoms with Crippen LogP contribution in [0.3, 0.4) is 0 Å². The molecule has 0 aliphatic carbocycles. The van der Waals surface area contributed by atoms with Gasteiger partial charge in [0, 0.05) is 0 Å². The minimum Gasteiger partial charge on any atom is -0.387 e. The monoisotopic (exact) mass is 260 g/mol. The Labute approximate surface area is 90.1 Å². The van der Waals surface area contributed by atoms with Gasteiger partial charge in [-0.05, 0) is 0 Å². The second kappa shape index (κ2) is 5.05. The number of aliphatic hydroxyl groups excluding tert-OH is 4. The van der Waals surface area contributed by atoms with Crippen LogP contribution in [-0.4, -0.2) is 67.5 Å². The zero-order valence-electron chi connectivity index (χ0n) is 7.95. The Bertz CT molecular complexity index is 277. The number of aliphatic hydroxyl groups is 4. The maximum atomic E-state index is 10.4. The maximum Gasteiger partial charge on any atom is 0.469 e. The third-order valence-corrected chi connectivity index (χ3v) is 2.58. The summed E-state index contributed by atoms with van der Waals surface area (Å²) >= 11 is 0. The predicted molar refractivity (Wildman–Crippen MR) is 46.9 cm³/mol. The molecule has 0 bridgehead atoms. The van der Waals surface area contributed by atoms with Crippen molar-refractivity contribution in [1.29, 1.82) is 0 Å². The van der Waals surface area contributed by atoms with Crippen molar-refractivity contribution in [2.24, 2.45) is 0 Å². The summed E-state index contributed by atoms with van der Waals surface area (Å²) in [5.74, 6) is 0. The van der Waals surface area contributed by atoms with Crippen LogP contribution in [0.1, 0.15) is 0 Å². The number of rotatable bonds is 3. The van der Waals surface area contributed by atoms with E-state index in [1.54, 1.807) is 0 Å². The third-order valence-electron chi connectivity index (χ3n) is 2.09. The summed E-state index contributed by atoms with van der Waals surface area (Å²) in [5.41, 5.74) is 0. The highest BCUT2D eigenvalue weighted by molar-refractivity contribution is 7.46. The predicted octanol–water partition coefficient (Wildman–Crippen LogP) is -3.10. The van der Waals surface area contributed by atoms with E-state index in [1.807, 2.05) is 0 Å². The van der Waals surface area contributed by atoms with Crippen LogP contribution in [0.2, 0.25) is 0 Å². The molecule has 6 N–H and O–H groups in total. The summed E-state index contributed by atoms with van der Waals surface area (Å²) in [7, 11) is -4.73. The second-order valence-corrected chi connectivity index (χ2v) is 4.56. The average Bonchev–Trinajstić information content (AvgIpc) is 2.17. The number of phosphoric ester groups is 1. The van der Waals surface area contributed by atoms with Crippen molar-refractivity contribution in [2.45, 2.75) is 30.7 Å². The van der Waals surface area contributed by atoms with Crippen LogP contribution in [0.15, 0.2) is 0 Å². The lowest BCUT2D eigenvalue weighted by Crippen LogP contribution is -2.58. The highest BCUT2D eigenvalue weighted by atomic mass is 31.2. The summed E-state index contributed by atoms with van der Waals surface area (Å²) in [6.07, 6.45) is -8.11. The van der Waals surface area contributed by atoms with E-state index < -0.39 is 45.1 Å². The van der Waals surface area contributed by atoms with Gasteiger partial charge in [-0.3, -0.25) is 4.52 Å². The van der Waals surface area contributed by atoms with E-state index in [0.29, 0.717) is 0 Å². The van der Waals surface area contributed by atoms with Crippen molar-refractivity contribution in [1.82, 2.24) is 0 Å². The first-order chi connectivity index (χ1) is 7.22. The van der Waals surface area contributed by atoms with E-state index in [-0.39, 0.29) is 0 Å². The van der Waals surface area contributed by atoms with Crippen LogP contribution in [0.4, 0.5) is 0 Å². The lowest BCUT2D eigenvalue weighted by molar-refractivity contribution is -0.285. The van der Waals surface area contributed by atoms with Gasteiger partial charge in [-0.15, -0.1) is 0 Å². The first-order valence-electron chi connectivity index (χ1n) is 4.30. The standard InChI is InChI=1S/C6H13O9P/c7-3-2(1-14-16(11,12)13)15-6(10)5(9)4(3)8/h2-10H,1H2,(H2,11,12,13)/t2-,3-,4-,5-,6+/m1/s1. The minimum atomic E-state index is -4.73. The first kappa shape index (κ1) is 14.0. The van der Waals surface area contributed by atoms with Crippen molar-refractivity contribution in [3.63, 3.8) is 0 Å². The molecule has 0 aromatic rings. The third kappa shape index (κ3) is 3.45. The molecule has 1 heterocycles. The number of ether oxygens (including phenoxy) is 1. The van der Waals surface area contributed by atoms with E-state index in [9.17, 15) is 14.8 Å². The molecule has 0 aromatic carbocycles. The van der Waals surface area contributed by atoms with Crippen LogP contribution in [0.25, 0.3) is 0 Å². The molecule has 96 valence electrons. The van der Waals surface area contributed by atoms with Gasteiger partial charge in [0.2, 0.25) is 0 Å². The molecule has 16 heavy (non-hydrogen) atoms. The van der Waals surface area contributed by atoms with Gasteiger partial charge in [-0.1, -0.05) is 0 Å². The molecule has 9 nitrogen and oxygen atoms in total. The summed E-state index contributed by atoms with van der Waals surface area (Å²) < 4.78 is 19.0. The molecule has 0 amide bonds. The summed E-state index contributed by atoms with van der Waals surface area (Å²) in [6.45, 7) is -0.730. The lowest BCUT2D eigenvalue weighted by Gasteiger charge is -2.38. The molecule has 5 atom stereocenters. The number of hydrogen-bond donors (Lipinski definition) is 6. The molecule has 1 saturated heterocycles. The van der Waals surface area contributed by atoms with E-state index in [0.717, 1.165) is 0 Å². The average molecular weight is 260 g/mol. The number of phosphoric acid groups is 1. The molecule has 0 saturated carbocycles. The molecular formula is C6H13O9P. The Morgan fingerprint density at radius 3 is 2.12 bits per heavy atom. The smallest absolute Gasteiger partial charge is 0.387 e. The SMILES string of the molecule is O=P(O)(O)OC[C@H]1O[C@H](O)[C@H](O)[C@H](O)[C@@H]1O. The van der Waals surface area contributed by atoms with Crippen LogP contribution in [-0.2, 0) is 13.8 Å². The van der Waals surface area contributed by atoms with Gasteiger partial charge in [0.15, 0.2) is 6.29 Å². The minimum absolute atomic E-state index is 0.730. The summed E-state index contributed by atoms with van der Waals surface area (Å²) in [6, 6.07) is 0. The van der Waals surface area contributed by atoms with Gasteiger partial charge in [-0.25, -0.2) is 4.57 Å². The van der Waals surface area contributed by atoms with Crippen LogP contribution < -0.4 is 0 Å². The molecule has 10 heteroatoms. The van der Waals surface area contributed by atoms with Crippen molar-refractivity contribution in [3.8, 4) is 0 Å². The fraction of sp³-hybridized carbons (Fsp3) is 1.00. The molecule has 0 unspecified atom stereocenters. The van der Waals surface area contributed by atoms with Gasteiger partial charge in [0.05, 0.1) is 6.61 Å². The number of hydrogen-bond acceptors (Lipinski definition) is 7. The maximum absolute atomic E-state index is 10.4. The van der Waals surface area contributed by atoms with Gasteiger partial charge >= 0.3 is 7.82 Å². The quantitative estimate of drug-likeness (QED) is 0.289. The fourth-order valence-corrected chi connectivity index (χ4v) is 1.58. The van der Waals surface area contributed by atoms with Crippen molar-refractivity contribution >= 4 is 7.82 Å². The van der Waals surface area contributed by atoms with Crippen LogP contribution in [0.5, 0.6) is 0 Å². The van der Waals surface area contributed by atoms with Crippen LogP contribution >= 0.6 is 7.82 Å². The summed E-state index contributed by atoms with van der Waals surface area (Å²) in [4.78, 5) is 16.8. The van der Waals surface area contributed by atoms with E-state index in [1.165, 1.54) is 0 Å². The Kier molecular flexibility index (Phi) is 4.41. The highest BCUT2D eigenvalue weighted by Crippen LogP contribution is 2.36. The van der Waals surface area contributed by atoms with Crippen molar-refractivity contribution < 1.29 is 44.0 Å². The zero-order valence-corrected chi connectivity index (χ0v) is 8.84. The van der Waals surface area contributed by atoms with E-state index >= 15 is 0 Å². The molecule has 1 aliphatic heterocycles. The Morgan fingerprint density at radius 1 is 1.06 bits per heavy atom. The Balaban J connectivity index is 2.57. The van der Waals surface area contributed by atoms with Crippen molar-refractivity contribution in [3.05, 3.63) is 0 Å². The normalized spacial score (nSPS) is 41.0. The van der Waals surface area contributed by atoms with Gasteiger partial charge in [0.1, 0.15) is 24.4 Å². The molecular weight excluding hydrogens is 247 g/mol. The van der Waals surface area contributed by atoms with Gasteiger partial charge in [-0.2, -0.15) is 0 Å². The van der Waals surface area contributed by atoms with Crippen molar-refractivity contribution in [2.75, 3.05) is 6.61 Å². The van der Waals surface area contributed by atoms with E-state index in [2.05, 4.69) is 9.26 Å². The Hall–Kier alpha value is -0.0900. The highest BCUT2D eigenvalue weighted by Gasteiger charge is 2.43. The molecule has 1 fully saturated rings. The molecule has 0 radical (unpaired) electrons. The molecule has 1 rings (SSSR count). The Morgan fingerprint density at radius 2 is 1.62 bits per heavy atom. The largest absolute Gasteiger partial charge is 0.469 e.